The van der Waals surface area contributed by atoms with Crippen LogP contribution in [0.5, 0.6) is 5.88 Å². The maximum absolute atomic E-state index is 14.3. The molecule has 0 atom stereocenters. The van der Waals surface area contributed by atoms with Crippen molar-refractivity contribution in [3.8, 4) is 17.0 Å². The fourth-order valence-corrected chi connectivity index (χ4v) is 2.94. The number of anilines is 2. The molecule has 0 spiro atoms. The van der Waals surface area contributed by atoms with Gasteiger partial charge in [0.1, 0.15) is 29.3 Å². The number of aromatic nitrogens is 4. The van der Waals surface area contributed by atoms with Crippen molar-refractivity contribution in [2.24, 2.45) is 0 Å². The number of fused-ring (bicyclic) bond motifs is 1. The molecule has 4 aromatic rings. The first-order valence-electron chi connectivity index (χ1n) is 7.88. The number of hydrogen-bond donors (Lipinski definition) is 3. The Morgan fingerprint density at radius 3 is 2.85 bits per heavy atom. The van der Waals surface area contributed by atoms with Gasteiger partial charge in [-0.2, -0.15) is 0 Å². The average molecular weight is 386 g/mol. The molecule has 0 amide bonds. The predicted molar refractivity (Wildman–Crippen MR) is 101 cm³/mol. The highest BCUT2D eigenvalue weighted by Gasteiger charge is 2.16. The van der Waals surface area contributed by atoms with Gasteiger partial charge in [0.25, 0.3) is 5.56 Å². The number of hydrogen-bond acceptors (Lipinski definition) is 5. The van der Waals surface area contributed by atoms with Gasteiger partial charge in [-0.1, -0.05) is 11.6 Å². The zero-order chi connectivity index (χ0) is 19.0. The van der Waals surface area contributed by atoms with E-state index in [1.807, 2.05) is 6.07 Å². The van der Waals surface area contributed by atoms with Crippen LogP contribution in [0.25, 0.3) is 22.2 Å². The summed E-state index contributed by atoms with van der Waals surface area (Å²) in [4.78, 5) is 26.4. The van der Waals surface area contributed by atoms with Crippen LogP contribution in [0.2, 0.25) is 5.02 Å². The van der Waals surface area contributed by atoms with Crippen molar-refractivity contribution in [1.82, 2.24) is 19.9 Å². The first-order chi connectivity index (χ1) is 13.1. The second-order valence-corrected chi connectivity index (χ2v) is 6.11. The summed E-state index contributed by atoms with van der Waals surface area (Å²) in [6, 6.07) is 7.33. The molecule has 0 saturated heterocycles. The van der Waals surface area contributed by atoms with E-state index in [-0.39, 0.29) is 17.0 Å². The van der Waals surface area contributed by atoms with E-state index in [2.05, 4.69) is 25.3 Å². The number of ether oxygens (including phenoxy) is 1. The standard InChI is InChI=1S/C18H13ClFN5O2/c1-27-18-14(24-16-10-4-5-21-15(10)22-8-23-16)7-12(17(26)25-18)11-6-9(19)2-3-13(11)20/h2-8H,1H3,(H,25,26)(H2,21,22,23,24). The molecule has 0 aliphatic carbocycles. The van der Waals surface area contributed by atoms with Crippen LogP contribution >= 0.6 is 11.6 Å². The largest absolute Gasteiger partial charge is 0.481 e. The maximum atomic E-state index is 14.3. The molecular formula is C18H13ClFN5O2. The minimum Gasteiger partial charge on any atom is -0.481 e. The Hall–Kier alpha value is -3.39. The van der Waals surface area contributed by atoms with Gasteiger partial charge in [-0.05, 0) is 30.3 Å². The molecule has 0 aliphatic rings. The predicted octanol–water partition coefficient (Wildman–Crippen LogP) is 3.86. The van der Waals surface area contributed by atoms with Gasteiger partial charge in [0.15, 0.2) is 0 Å². The monoisotopic (exact) mass is 385 g/mol. The summed E-state index contributed by atoms with van der Waals surface area (Å²) >= 11 is 5.96. The number of methoxy groups -OCH3 is 1. The Labute approximate surface area is 157 Å². The summed E-state index contributed by atoms with van der Waals surface area (Å²) in [6.07, 6.45) is 3.14. The molecule has 0 bridgehead atoms. The third-order valence-corrected chi connectivity index (χ3v) is 4.27. The highest BCUT2D eigenvalue weighted by Crippen LogP contribution is 2.31. The Morgan fingerprint density at radius 2 is 2.04 bits per heavy atom. The molecule has 0 saturated carbocycles. The highest BCUT2D eigenvalue weighted by molar-refractivity contribution is 6.30. The molecule has 0 radical (unpaired) electrons. The van der Waals surface area contributed by atoms with E-state index < -0.39 is 11.4 Å². The van der Waals surface area contributed by atoms with Crippen LogP contribution in [-0.4, -0.2) is 27.0 Å². The Kier molecular flexibility index (Phi) is 4.25. The van der Waals surface area contributed by atoms with Gasteiger partial charge < -0.3 is 15.0 Å². The third kappa shape index (κ3) is 3.11. The number of halogens is 2. The molecule has 3 aromatic heterocycles. The van der Waals surface area contributed by atoms with Crippen molar-refractivity contribution in [3.05, 3.63) is 64.0 Å². The van der Waals surface area contributed by atoms with Crippen LogP contribution in [0.15, 0.2) is 47.7 Å². The molecule has 0 aliphatic heterocycles. The minimum absolute atomic E-state index is 0.0870. The van der Waals surface area contributed by atoms with Gasteiger partial charge in [0, 0.05) is 16.8 Å². The number of rotatable bonds is 4. The number of benzene rings is 1. The van der Waals surface area contributed by atoms with Crippen molar-refractivity contribution in [1.29, 1.82) is 0 Å². The molecule has 0 fully saturated rings. The summed E-state index contributed by atoms with van der Waals surface area (Å²) < 4.78 is 19.5. The van der Waals surface area contributed by atoms with Crippen molar-refractivity contribution >= 4 is 34.1 Å². The lowest BCUT2D eigenvalue weighted by atomic mass is 10.1. The van der Waals surface area contributed by atoms with Crippen molar-refractivity contribution in [2.75, 3.05) is 12.4 Å². The Balaban J connectivity index is 1.86. The van der Waals surface area contributed by atoms with E-state index >= 15 is 0 Å². The van der Waals surface area contributed by atoms with Gasteiger partial charge in [-0.15, -0.1) is 0 Å². The molecule has 0 unspecified atom stereocenters. The van der Waals surface area contributed by atoms with Crippen LogP contribution in [0.4, 0.5) is 15.9 Å². The third-order valence-electron chi connectivity index (χ3n) is 4.03. The van der Waals surface area contributed by atoms with E-state index in [4.69, 9.17) is 16.3 Å². The summed E-state index contributed by atoms with van der Waals surface area (Å²) in [5.41, 5.74) is 0.749. The molecule has 3 heterocycles. The van der Waals surface area contributed by atoms with Crippen LogP contribution in [0.3, 0.4) is 0 Å². The smallest absolute Gasteiger partial charge is 0.258 e. The Morgan fingerprint density at radius 1 is 1.19 bits per heavy atom. The van der Waals surface area contributed by atoms with Crippen molar-refractivity contribution in [2.45, 2.75) is 0 Å². The number of H-pyrrole nitrogens is 2. The van der Waals surface area contributed by atoms with Crippen LogP contribution in [0.1, 0.15) is 0 Å². The zero-order valence-electron chi connectivity index (χ0n) is 14.0. The van der Waals surface area contributed by atoms with Crippen LogP contribution in [-0.2, 0) is 0 Å². The zero-order valence-corrected chi connectivity index (χ0v) is 14.8. The van der Waals surface area contributed by atoms with Gasteiger partial charge in [-0.3, -0.25) is 9.78 Å². The minimum atomic E-state index is -0.559. The van der Waals surface area contributed by atoms with E-state index in [1.165, 1.54) is 37.7 Å². The van der Waals surface area contributed by atoms with E-state index in [0.717, 1.165) is 5.39 Å². The molecule has 136 valence electrons. The second kappa shape index (κ2) is 6.73. The normalized spacial score (nSPS) is 10.9. The number of pyridine rings is 1. The van der Waals surface area contributed by atoms with E-state index in [0.29, 0.717) is 22.2 Å². The lowest BCUT2D eigenvalue weighted by Gasteiger charge is -2.13. The van der Waals surface area contributed by atoms with Gasteiger partial charge in [0.2, 0.25) is 5.88 Å². The summed E-state index contributed by atoms with van der Waals surface area (Å²) in [7, 11) is 1.42. The van der Waals surface area contributed by atoms with E-state index in [1.54, 1.807) is 6.20 Å². The topological polar surface area (TPSA) is 95.7 Å². The lowest BCUT2D eigenvalue weighted by molar-refractivity contribution is 0.399. The fourth-order valence-electron chi connectivity index (χ4n) is 2.77. The highest BCUT2D eigenvalue weighted by atomic mass is 35.5. The summed E-state index contributed by atoms with van der Waals surface area (Å²) in [6.45, 7) is 0. The number of nitrogens with zero attached hydrogens (tertiary/aromatic N) is 2. The van der Waals surface area contributed by atoms with Gasteiger partial charge in [-0.25, -0.2) is 14.4 Å². The molecule has 3 N–H and O–H groups in total. The maximum Gasteiger partial charge on any atom is 0.258 e. The average Bonchev–Trinajstić information content (AvgIpc) is 3.15. The van der Waals surface area contributed by atoms with Crippen molar-refractivity contribution in [3.63, 3.8) is 0 Å². The fraction of sp³-hybridized carbons (Fsp3) is 0.0556. The van der Waals surface area contributed by atoms with Crippen molar-refractivity contribution < 1.29 is 9.13 Å². The number of nitrogens with one attached hydrogen (secondary N) is 3. The quantitative estimate of drug-likeness (QED) is 0.495. The summed E-state index contributed by atoms with van der Waals surface area (Å²) in [5, 5.41) is 4.17. The van der Waals surface area contributed by atoms with Crippen LogP contribution in [0, 0.1) is 5.82 Å². The SMILES string of the molecule is COc1[nH]c(=O)c(-c2cc(Cl)ccc2F)cc1Nc1ncnc2[nH]ccc12. The lowest BCUT2D eigenvalue weighted by Crippen LogP contribution is -2.13. The molecule has 9 heteroatoms. The first-order valence-corrected chi connectivity index (χ1v) is 8.26. The van der Waals surface area contributed by atoms with Gasteiger partial charge >= 0.3 is 0 Å². The molecular weight excluding hydrogens is 373 g/mol. The summed E-state index contributed by atoms with van der Waals surface area (Å²) in [5.74, 6) is 0.133. The molecule has 27 heavy (non-hydrogen) atoms. The van der Waals surface area contributed by atoms with Gasteiger partial charge in [0.05, 0.1) is 18.1 Å². The second-order valence-electron chi connectivity index (χ2n) is 5.67. The Bertz CT molecular complexity index is 1200. The van der Waals surface area contributed by atoms with Crippen LogP contribution < -0.4 is 15.6 Å². The molecule has 4 rings (SSSR count). The number of aromatic amines is 2. The molecule has 7 nitrogen and oxygen atoms in total. The van der Waals surface area contributed by atoms with E-state index in [9.17, 15) is 9.18 Å². The molecule has 1 aromatic carbocycles. The first kappa shape index (κ1) is 17.0.